The summed E-state index contributed by atoms with van der Waals surface area (Å²) in [5, 5.41) is 5.25. The minimum atomic E-state index is -0.214. The molecule has 0 radical (unpaired) electrons. The van der Waals surface area contributed by atoms with Crippen LogP contribution in [0, 0.1) is 0 Å². The van der Waals surface area contributed by atoms with Crippen molar-refractivity contribution in [3.8, 4) is 0 Å². The molecular formula is C15H16ClN3O2S. The molecule has 1 aromatic carbocycles. The molecular weight excluding hydrogens is 322 g/mol. The van der Waals surface area contributed by atoms with Crippen LogP contribution in [0.15, 0.2) is 29.6 Å². The van der Waals surface area contributed by atoms with E-state index in [0.717, 1.165) is 5.56 Å². The van der Waals surface area contributed by atoms with Gasteiger partial charge in [0.15, 0.2) is 5.13 Å². The van der Waals surface area contributed by atoms with Crippen molar-refractivity contribution < 1.29 is 9.59 Å². The Kier molecular flexibility index (Phi) is 5.15. The average molecular weight is 338 g/mol. The third-order valence-corrected chi connectivity index (χ3v) is 4.23. The predicted molar refractivity (Wildman–Crippen MR) is 88.4 cm³/mol. The van der Waals surface area contributed by atoms with E-state index in [0.29, 0.717) is 15.8 Å². The topological polar surface area (TPSA) is 62.3 Å². The standard InChI is InChI=1S/C15H16ClN3O2S/c1-9(11-5-4-6-12(16)7-11)19(3)14(21)13-8-22-15(18-13)17-10(2)20/h4-9H,1-3H3,(H,17,18,20)/t9-/m1/s1. The Morgan fingerprint density at radius 1 is 1.41 bits per heavy atom. The van der Waals surface area contributed by atoms with Crippen LogP contribution in [0.3, 0.4) is 0 Å². The van der Waals surface area contributed by atoms with Crippen LogP contribution in [-0.4, -0.2) is 28.7 Å². The van der Waals surface area contributed by atoms with E-state index < -0.39 is 0 Å². The van der Waals surface area contributed by atoms with Gasteiger partial charge in [-0.1, -0.05) is 23.7 Å². The highest BCUT2D eigenvalue weighted by atomic mass is 35.5. The Morgan fingerprint density at radius 2 is 2.14 bits per heavy atom. The van der Waals surface area contributed by atoms with Gasteiger partial charge in [-0.25, -0.2) is 4.98 Å². The van der Waals surface area contributed by atoms with E-state index in [1.54, 1.807) is 23.4 Å². The van der Waals surface area contributed by atoms with Crippen molar-refractivity contribution in [1.82, 2.24) is 9.88 Å². The summed E-state index contributed by atoms with van der Waals surface area (Å²) in [5.74, 6) is -0.422. The third kappa shape index (κ3) is 3.84. The van der Waals surface area contributed by atoms with Gasteiger partial charge in [-0.15, -0.1) is 11.3 Å². The van der Waals surface area contributed by atoms with Gasteiger partial charge in [0, 0.05) is 24.4 Å². The Morgan fingerprint density at radius 3 is 2.77 bits per heavy atom. The van der Waals surface area contributed by atoms with E-state index >= 15 is 0 Å². The number of anilines is 1. The number of halogens is 1. The fourth-order valence-corrected chi connectivity index (χ4v) is 2.86. The zero-order valence-electron chi connectivity index (χ0n) is 12.5. The number of aromatic nitrogens is 1. The lowest BCUT2D eigenvalue weighted by atomic mass is 10.1. The van der Waals surface area contributed by atoms with Crippen LogP contribution in [0.5, 0.6) is 0 Å². The summed E-state index contributed by atoms with van der Waals surface area (Å²) in [6.07, 6.45) is 0. The van der Waals surface area contributed by atoms with Gasteiger partial charge < -0.3 is 10.2 Å². The zero-order valence-corrected chi connectivity index (χ0v) is 14.0. The van der Waals surface area contributed by atoms with E-state index in [1.165, 1.54) is 18.3 Å². The summed E-state index contributed by atoms with van der Waals surface area (Å²) in [6.45, 7) is 3.32. The summed E-state index contributed by atoms with van der Waals surface area (Å²) in [6, 6.07) is 7.26. The Hall–Kier alpha value is -1.92. The van der Waals surface area contributed by atoms with Gasteiger partial charge in [0.05, 0.1) is 6.04 Å². The van der Waals surface area contributed by atoms with Crippen LogP contribution in [0.1, 0.15) is 35.9 Å². The van der Waals surface area contributed by atoms with Gasteiger partial charge in [0.2, 0.25) is 5.91 Å². The van der Waals surface area contributed by atoms with Crippen molar-refractivity contribution >= 4 is 39.9 Å². The first-order chi connectivity index (χ1) is 10.4. The van der Waals surface area contributed by atoms with Crippen LogP contribution in [0.2, 0.25) is 5.02 Å². The fraction of sp³-hybridized carbons (Fsp3) is 0.267. The van der Waals surface area contributed by atoms with E-state index in [2.05, 4.69) is 10.3 Å². The average Bonchev–Trinajstić information content (AvgIpc) is 2.92. The van der Waals surface area contributed by atoms with Crippen LogP contribution in [0.25, 0.3) is 0 Å². The van der Waals surface area contributed by atoms with Crippen LogP contribution in [-0.2, 0) is 4.79 Å². The van der Waals surface area contributed by atoms with Gasteiger partial charge in [-0.2, -0.15) is 0 Å². The smallest absolute Gasteiger partial charge is 0.273 e. The molecule has 0 bridgehead atoms. The number of hydrogen-bond acceptors (Lipinski definition) is 4. The second-order valence-corrected chi connectivity index (χ2v) is 6.16. The minimum absolute atomic E-state index is 0.142. The van der Waals surface area contributed by atoms with E-state index in [1.807, 2.05) is 25.1 Å². The number of thiazole rings is 1. The number of hydrogen-bond donors (Lipinski definition) is 1. The normalized spacial score (nSPS) is 11.8. The van der Waals surface area contributed by atoms with E-state index in [4.69, 9.17) is 11.6 Å². The second kappa shape index (κ2) is 6.89. The predicted octanol–water partition coefficient (Wildman–Crippen LogP) is 3.59. The number of nitrogens with zero attached hydrogens (tertiary/aromatic N) is 2. The van der Waals surface area contributed by atoms with Crippen molar-refractivity contribution in [3.63, 3.8) is 0 Å². The number of carbonyl (C=O) groups excluding carboxylic acids is 2. The third-order valence-electron chi connectivity index (χ3n) is 3.24. The molecule has 0 aliphatic carbocycles. The lowest BCUT2D eigenvalue weighted by molar-refractivity contribution is -0.114. The maximum absolute atomic E-state index is 12.5. The SMILES string of the molecule is CC(=O)Nc1nc(C(=O)N(C)[C@H](C)c2cccc(Cl)c2)cs1. The largest absolute Gasteiger partial charge is 0.334 e. The maximum Gasteiger partial charge on any atom is 0.273 e. The summed E-state index contributed by atoms with van der Waals surface area (Å²) in [5.41, 5.74) is 1.26. The quantitative estimate of drug-likeness (QED) is 0.927. The first-order valence-electron chi connectivity index (χ1n) is 6.64. The van der Waals surface area contributed by atoms with Crippen molar-refractivity contribution in [1.29, 1.82) is 0 Å². The van der Waals surface area contributed by atoms with Gasteiger partial charge >= 0.3 is 0 Å². The van der Waals surface area contributed by atoms with Crippen molar-refractivity contribution in [2.75, 3.05) is 12.4 Å². The Labute approximate surface area is 137 Å². The van der Waals surface area contributed by atoms with Crippen LogP contribution >= 0.6 is 22.9 Å². The van der Waals surface area contributed by atoms with Gasteiger partial charge in [0.25, 0.3) is 5.91 Å². The van der Waals surface area contributed by atoms with E-state index in [9.17, 15) is 9.59 Å². The molecule has 2 amide bonds. The minimum Gasteiger partial charge on any atom is -0.334 e. The van der Waals surface area contributed by atoms with Crippen molar-refractivity contribution in [2.24, 2.45) is 0 Å². The molecule has 1 atom stereocenters. The number of benzene rings is 1. The summed E-state index contributed by atoms with van der Waals surface area (Å²) < 4.78 is 0. The molecule has 0 aliphatic heterocycles. The summed E-state index contributed by atoms with van der Waals surface area (Å²) in [4.78, 5) is 29.2. The highest BCUT2D eigenvalue weighted by molar-refractivity contribution is 7.14. The number of nitrogens with one attached hydrogen (secondary N) is 1. The Balaban J connectivity index is 2.14. The van der Waals surface area contributed by atoms with Crippen molar-refractivity contribution in [2.45, 2.75) is 19.9 Å². The lowest BCUT2D eigenvalue weighted by Gasteiger charge is -2.24. The lowest BCUT2D eigenvalue weighted by Crippen LogP contribution is -2.30. The first-order valence-corrected chi connectivity index (χ1v) is 7.90. The molecule has 7 heteroatoms. The number of amides is 2. The molecule has 22 heavy (non-hydrogen) atoms. The van der Waals surface area contributed by atoms with Crippen LogP contribution < -0.4 is 5.32 Å². The monoisotopic (exact) mass is 337 g/mol. The van der Waals surface area contributed by atoms with Crippen molar-refractivity contribution in [3.05, 3.63) is 45.9 Å². The second-order valence-electron chi connectivity index (χ2n) is 4.87. The van der Waals surface area contributed by atoms with Gasteiger partial charge in [-0.05, 0) is 24.6 Å². The molecule has 0 aliphatic rings. The molecule has 1 N–H and O–H groups in total. The molecule has 116 valence electrons. The highest BCUT2D eigenvalue weighted by Gasteiger charge is 2.21. The number of rotatable bonds is 4. The van der Waals surface area contributed by atoms with Gasteiger partial charge in [0.1, 0.15) is 5.69 Å². The molecule has 0 saturated heterocycles. The fourth-order valence-electron chi connectivity index (χ4n) is 1.93. The summed E-state index contributed by atoms with van der Waals surface area (Å²) >= 11 is 7.21. The maximum atomic E-state index is 12.5. The first kappa shape index (κ1) is 16.5. The Bertz CT molecular complexity index is 702. The van der Waals surface area contributed by atoms with E-state index in [-0.39, 0.29) is 17.9 Å². The molecule has 0 spiro atoms. The molecule has 2 aromatic rings. The molecule has 0 saturated carbocycles. The van der Waals surface area contributed by atoms with Crippen LogP contribution in [0.4, 0.5) is 5.13 Å². The van der Waals surface area contributed by atoms with Gasteiger partial charge in [-0.3, -0.25) is 9.59 Å². The summed E-state index contributed by atoms with van der Waals surface area (Å²) in [7, 11) is 1.71. The molecule has 0 fully saturated rings. The molecule has 2 rings (SSSR count). The molecule has 0 unspecified atom stereocenters. The highest BCUT2D eigenvalue weighted by Crippen LogP contribution is 2.24. The zero-order chi connectivity index (χ0) is 16.3. The molecule has 5 nitrogen and oxygen atoms in total. The molecule has 1 heterocycles. The number of carbonyl (C=O) groups is 2. The molecule has 1 aromatic heterocycles.